The molecule has 6 nitrogen and oxygen atoms in total. The maximum atomic E-state index is 13.1. The van der Waals surface area contributed by atoms with E-state index in [2.05, 4.69) is 5.32 Å². The molecule has 26 heavy (non-hydrogen) atoms. The summed E-state index contributed by atoms with van der Waals surface area (Å²) in [6.07, 6.45) is 2.83. The van der Waals surface area contributed by atoms with E-state index in [0.29, 0.717) is 25.2 Å². The highest BCUT2D eigenvalue weighted by Crippen LogP contribution is 2.27. The summed E-state index contributed by atoms with van der Waals surface area (Å²) in [5.74, 6) is -0.0837. The molecule has 1 aromatic carbocycles. The van der Waals surface area contributed by atoms with Gasteiger partial charge in [-0.25, -0.2) is 8.42 Å². The Balaban J connectivity index is 1.91. The van der Waals surface area contributed by atoms with Gasteiger partial charge < -0.3 is 10.2 Å². The molecule has 0 aliphatic carbocycles. The number of hydrogen-bond acceptors (Lipinski definition) is 4. The largest absolute Gasteiger partial charge is 0.336 e. The third-order valence-corrected chi connectivity index (χ3v) is 7.45. The van der Waals surface area contributed by atoms with Gasteiger partial charge in [0.2, 0.25) is 10.0 Å². The summed E-state index contributed by atoms with van der Waals surface area (Å²) in [6.45, 7) is 8.45. The lowest BCUT2D eigenvalue weighted by Gasteiger charge is -2.33. The van der Waals surface area contributed by atoms with Crippen LogP contribution in [0.3, 0.4) is 0 Å². The van der Waals surface area contributed by atoms with E-state index in [0.717, 1.165) is 31.4 Å². The van der Waals surface area contributed by atoms with Crippen LogP contribution in [0.15, 0.2) is 23.1 Å². The Bertz CT molecular complexity index is 778. The number of nitrogens with one attached hydrogen (secondary N) is 1. The number of piperazine rings is 1. The molecule has 2 aliphatic rings. The van der Waals surface area contributed by atoms with E-state index < -0.39 is 10.0 Å². The minimum Gasteiger partial charge on any atom is -0.336 e. The summed E-state index contributed by atoms with van der Waals surface area (Å²) < 4.78 is 27.8. The first-order chi connectivity index (χ1) is 12.3. The first kappa shape index (κ1) is 19.3. The zero-order chi connectivity index (χ0) is 18.9. The zero-order valence-electron chi connectivity index (χ0n) is 15.9. The summed E-state index contributed by atoms with van der Waals surface area (Å²) in [5, 5.41) is 3.32. The van der Waals surface area contributed by atoms with Gasteiger partial charge in [0.05, 0.1) is 4.90 Å². The fourth-order valence-electron chi connectivity index (χ4n) is 3.84. The summed E-state index contributed by atoms with van der Waals surface area (Å²) in [5.41, 5.74) is 1.30. The van der Waals surface area contributed by atoms with Crippen molar-refractivity contribution in [3.8, 4) is 0 Å². The van der Waals surface area contributed by atoms with Gasteiger partial charge in [0, 0.05) is 43.8 Å². The zero-order valence-corrected chi connectivity index (χ0v) is 16.7. The molecule has 144 valence electrons. The van der Waals surface area contributed by atoms with Crippen molar-refractivity contribution in [2.45, 2.75) is 57.0 Å². The summed E-state index contributed by atoms with van der Waals surface area (Å²) in [6, 6.07) is 5.20. The van der Waals surface area contributed by atoms with Crippen LogP contribution in [0.1, 0.15) is 49.0 Å². The van der Waals surface area contributed by atoms with Crippen molar-refractivity contribution in [1.29, 1.82) is 0 Å². The predicted molar refractivity (Wildman–Crippen MR) is 102 cm³/mol. The van der Waals surface area contributed by atoms with E-state index in [1.807, 2.05) is 25.7 Å². The number of benzene rings is 1. The number of amides is 1. The summed E-state index contributed by atoms with van der Waals surface area (Å²) >= 11 is 0. The second kappa shape index (κ2) is 7.66. The smallest absolute Gasteiger partial charge is 0.254 e. The fourth-order valence-corrected chi connectivity index (χ4v) is 5.57. The first-order valence-electron chi connectivity index (χ1n) is 9.46. The van der Waals surface area contributed by atoms with Crippen molar-refractivity contribution in [2.24, 2.45) is 0 Å². The van der Waals surface area contributed by atoms with Crippen LogP contribution in [0, 0.1) is 6.92 Å². The molecule has 2 atom stereocenters. The van der Waals surface area contributed by atoms with Crippen molar-refractivity contribution < 1.29 is 13.2 Å². The van der Waals surface area contributed by atoms with E-state index >= 15 is 0 Å². The van der Waals surface area contributed by atoms with Crippen LogP contribution in [0.5, 0.6) is 0 Å². The molecule has 2 heterocycles. The Morgan fingerprint density at radius 3 is 2.65 bits per heavy atom. The third-order valence-electron chi connectivity index (χ3n) is 5.44. The summed E-state index contributed by atoms with van der Waals surface area (Å²) in [4.78, 5) is 15.0. The van der Waals surface area contributed by atoms with Gasteiger partial charge >= 0.3 is 0 Å². The first-order valence-corrected chi connectivity index (χ1v) is 10.9. The van der Waals surface area contributed by atoms with Crippen LogP contribution in [0.2, 0.25) is 0 Å². The SMILES string of the molecule is Cc1ccc(S(=O)(=O)N2CCCCC2C)cc1C(=O)N1CCNC(C)C1. The maximum absolute atomic E-state index is 13.1. The van der Waals surface area contributed by atoms with Gasteiger partial charge in [0.15, 0.2) is 0 Å². The van der Waals surface area contributed by atoms with Gasteiger partial charge in [-0.3, -0.25) is 4.79 Å². The van der Waals surface area contributed by atoms with E-state index in [9.17, 15) is 13.2 Å². The second-order valence-corrected chi connectivity index (χ2v) is 9.43. The van der Waals surface area contributed by atoms with Crippen molar-refractivity contribution in [1.82, 2.24) is 14.5 Å². The number of hydrogen-bond donors (Lipinski definition) is 1. The lowest BCUT2D eigenvalue weighted by molar-refractivity contribution is 0.0708. The number of aryl methyl sites for hydroxylation is 1. The van der Waals surface area contributed by atoms with E-state index in [4.69, 9.17) is 0 Å². The number of piperidine rings is 1. The lowest BCUT2D eigenvalue weighted by Crippen LogP contribution is -2.51. The van der Waals surface area contributed by atoms with Crippen LogP contribution >= 0.6 is 0 Å². The second-order valence-electron chi connectivity index (χ2n) is 7.54. The van der Waals surface area contributed by atoms with E-state index in [1.54, 1.807) is 22.5 Å². The van der Waals surface area contributed by atoms with Crippen molar-refractivity contribution in [3.05, 3.63) is 29.3 Å². The number of carbonyl (C=O) groups is 1. The van der Waals surface area contributed by atoms with Crippen LogP contribution < -0.4 is 5.32 Å². The topological polar surface area (TPSA) is 69.7 Å². The highest BCUT2D eigenvalue weighted by molar-refractivity contribution is 7.89. The molecule has 0 radical (unpaired) electrons. The van der Waals surface area contributed by atoms with Crippen LogP contribution in [0.4, 0.5) is 0 Å². The van der Waals surface area contributed by atoms with Crippen molar-refractivity contribution in [3.63, 3.8) is 0 Å². The Kier molecular flexibility index (Phi) is 5.69. The number of nitrogens with zero attached hydrogens (tertiary/aromatic N) is 2. The normalized spacial score (nSPS) is 25.3. The predicted octanol–water partition coefficient (Wildman–Crippen LogP) is 1.99. The number of sulfonamides is 1. The molecule has 2 aliphatic heterocycles. The van der Waals surface area contributed by atoms with Gasteiger partial charge in [-0.1, -0.05) is 12.5 Å². The minimum absolute atomic E-state index is 0.00298. The number of carbonyl (C=O) groups excluding carboxylic acids is 1. The maximum Gasteiger partial charge on any atom is 0.254 e. The average molecular weight is 380 g/mol. The number of rotatable bonds is 3. The van der Waals surface area contributed by atoms with Crippen LogP contribution in [-0.2, 0) is 10.0 Å². The lowest BCUT2D eigenvalue weighted by atomic mass is 10.1. The van der Waals surface area contributed by atoms with Gasteiger partial charge in [-0.05, 0) is 51.3 Å². The molecular formula is C19H29N3O3S. The minimum atomic E-state index is -3.58. The molecular weight excluding hydrogens is 350 g/mol. The Morgan fingerprint density at radius 2 is 1.96 bits per heavy atom. The molecule has 7 heteroatoms. The fraction of sp³-hybridized carbons (Fsp3) is 0.632. The standard InChI is InChI=1S/C19H29N3O3S/c1-14-7-8-17(26(24,25)22-10-5-4-6-16(22)3)12-18(14)19(23)21-11-9-20-15(2)13-21/h7-8,12,15-16,20H,4-6,9-11,13H2,1-3H3. The van der Waals surface area contributed by atoms with Crippen LogP contribution in [0.25, 0.3) is 0 Å². The molecule has 2 unspecified atom stereocenters. The van der Waals surface area contributed by atoms with Crippen molar-refractivity contribution >= 4 is 15.9 Å². The van der Waals surface area contributed by atoms with E-state index in [-0.39, 0.29) is 22.9 Å². The molecule has 0 bridgehead atoms. The monoisotopic (exact) mass is 379 g/mol. The quantitative estimate of drug-likeness (QED) is 0.872. The molecule has 3 rings (SSSR count). The highest BCUT2D eigenvalue weighted by Gasteiger charge is 2.32. The molecule has 1 amide bonds. The molecule has 2 fully saturated rings. The van der Waals surface area contributed by atoms with Crippen molar-refractivity contribution in [2.75, 3.05) is 26.2 Å². The Morgan fingerprint density at radius 1 is 1.19 bits per heavy atom. The van der Waals surface area contributed by atoms with E-state index in [1.165, 1.54) is 0 Å². The highest BCUT2D eigenvalue weighted by atomic mass is 32.2. The Labute approximate surface area is 156 Å². The van der Waals surface area contributed by atoms with Gasteiger partial charge in [0.25, 0.3) is 5.91 Å². The molecule has 0 aromatic heterocycles. The molecule has 2 saturated heterocycles. The average Bonchev–Trinajstić information content (AvgIpc) is 2.61. The van der Waals surface area contributed by atoms with Gasteiger partial charge in [0.1, 0.15) is 0 Å². The third kappa shape index (κ3) is 3.80. The molecule has 1 aromatic rings. The Hall–Kier alpha value is -1.44. The van der Waals surface area contributed by atoms with Crippen LogP contribution in [-0.4, -0.2) is 61.8 Å². The van der Waals surface area contributed by atoms with Gasteiger partial charge in [-0.15, -0.1) is 0 Å². The summed E-state index contributed by atoms with van der Waals surface area (Å²) in [7, 11) is -3.58. The molecule has 0 saturated carbocycles. The molecule has 1 N–H and O–H groups in total. The molecule has 0 spiro atoms. The van der Waals surface area contributed by atoms with Gasteiger partial charge in [-0.2, -0.15) is 4.31 Å².